The molecule has 0 unspecified atom stereocenters. The maximum atomic E-state index is 12.7. The van der Waals surface area contributed by atoms with E-state index >= 15 is 0 Å². The van der Waals surface area contributed by atoms with E-state index in [-0.39, 0.29) is 17.7 Å². The van der Waals surface area contributed by atoms with Crippen LogP contribution in [0.3, 0.4) is 0 Å². The van der Waals surface area contributed by atoms with Crippen molar-refractivity contribution in [2.75, 3.05) is 21.2 Å². The van der Waals surface area contributed by atoms with Gasteiger partial charge in [-0.3, -0.25) is 9.59 Å². The largest absolute Gasteiger partial charge is 0.496 e. The number of carbonyl (C=O) groups excluding carboxylic acids is 2. The maximum Gasteiger partial charge on any atom is 0.255 e. The van der Waals surface area contributed by atoms with Crippen LogP contribution in [-0.4, -0.2) is 39.1 Å². The number of quaternary nitrogens is 1. The normalized spacial score (nSPS) is 12.0. The number of methoxy groups -OCH3 is 1. The highest BCUT2D eigenvalue weighted by Gasteiger charge is 2.25. The first-order chi connectivity index (χ1) is 13.8. The van der Waals surface area contributed by atoms with E-state index in [1.807, 2.05) is 26.0 Å². The van der Waals surface area contributed by atoms with Crippen LogP contribution in [0.15, 0.2) is 48.5 Å². The predicted octanol–water partition coefficient (Wildman–Crippen LogP) is 1.41. The fourth-order valence-corrected chi connectivity index (χ4v) is 3.07. The van der Waals surface area contributed by atoms with Crippen molar-refractivity contribution in [1.82, 2.24) is 10.6 Å². The van der Waals surface area contributed by atoms with Crippen LogP contribution in [0, 0.1) is 5.92 Å². The van der Waals surface area contributed by atoms with Gasteiger partial charge in [0.1, 0.15) is 18.3 Å². The number of benzene rings is 2. The van der Waals surface area contributed by atoms with Crippen LogP contribution in [-0.2, 0) is 17.9 Å². The molecule has 0 saturated carbocycles. The van der Waals surface area contributed by atoms with Gasteiger partial charge >= 0.3 is 0 Å². The van der Waals surface area contributed by atoms with Gasteiger partial charge in [-0.25, -0.2) is 0 Å². The highest BCUT2D eigenvalue weighted by molar-refractivity contribution is 5.99. The molecule has 6 nitrogen and oxygen atoms in total. The Bertz CT molecular complexity index is 816. The van der Waals surface area contributed by atoms with Crippen molar-refractivity contribution in [2.45, 2.75) is 33.0 Å². The summed E-state index contributed by atoms with van der Waals surface area (Å²) in [7, 11) is 5.74. The molecule has 2 amide bonds. The minimum atomic E-state index is -0.635. The molecular weight excluding hydrogens is 366 g/mol. The second-order valence-electron chi connectivity index (χ2n) is 7.81. The van der Waals surface area contributed by atoms with Crippen LogP contribution >= 0.6 is 0 Å². The molecule has 0 aliphatic heterocycles. The number of carbonyl (C=O) groups is 2. The zero-order valence-corrected chi connectivity index (χ0v) is 17.9. The van der Waals surface area contributed by atoms with E-state index in [4.69, 9.17) is 4.74 Å². The average molecular weight is 399 g/mol. The predicted molar refractivity (Wildman–Crippen MR) is 114 cm³/mol. The summed E-state index contributed by atoms with van der Waals surface area (Å²) in [5.74, 6) is -0.108. The summed E-state index contributed by atoms with van der Waals surface area (Å²) in [6, 6.07) is 14.5. The van der Waals surface area contributed by atoms with Gasteiger partial charge in [0, 0.05) is 12.1 Å². The molecule has 0 fully saturated rings. The lowest BCUT2D eigenvalue weighted by Gasteiger charge is -2.22. The monoisotopic (exact) mass is 398 g/mol. The topological polar surface area (TPSA) is 71.9 Å². The van der Waals surface area contributed by atoms with Crippen LogP contribution in [0.5, 0.6) is 5.75 Å². The third-order valence-corrected chi connectivity index (χ3v) is 4.63. The SMILES string of the molecule is COc1ccccc1C(=O)N[C@H](C(=O)NCc1ccc(C[NH+](C)C)cc1)C(C)C. The van der Waals surface area contributed by atoms with E-state index in [0.717, 1.165) is 12.1 Å². The summed E-state index contributed by atoms with van der Waals surface area (Å²) in [6.07, 6.45) is 0. The zero-order valence-electron chi connectivity index (χ0n) is 17.9. The third-order valence-electron chi connectivity index (χ3n) is 4.63. The molecule has 1 atom stereocenters. The van der Waals surface area contributed by atoms with Crippen molar-refractivity contribution in [2.24, 2.45) is 5.92 Å². The van der Waals surface area contributed by atoms with Crippen LogP contribution in [0.4, 0.5) is 0 Å². The molecule has 2 aromatic carbocycles. The molecule has 0 radical (unpaired) electrons. The van der Waals surface area contributed by atoms with Crippen molar-refractivity contribution in [3.8, 4) is 5.75 Å². The lowest BCUT2D eigenvalue weighted by Crippen LogP contribution is -3.04. The molecule has 2 rings (SSSR count). The molecule has 0 saturated heterocycles. The molecule has 0 aliphatic rings. The highest BCUT2D eigenvalue weighted by atomic mass is 16.5. The molecule has 3 N–H and O–H groups in total. The minimum Gasteiger partial charge on any atom is -0.496 e. The summed E-state index contributed by atoms with van der Waals surface area (Å²) >= 11 is 0. The first-order valence-corrected chi connectivity index (χ1v) is 9.90. The van der Waals surface area contributed by atoms with E-state index in [0.29, 0.717) is 17.9 Å². The summed E-state index contributed by atoms with van der Waals surface area (Å²) in [5, 5.41) is 5.78. The Morgan fingerprint density at radius 3 is 2.21 bits per heavy atom. The Hall–Kier alpha value is -2.86. The van der Waals surface area contributed by atoms with E-state index in [9.17, 15) is 9.59 Å². The Kier molecular flexibility index (Phi) is 8.21. The van der Waals surface area contributed by atoms with Crippen molar-refractivity contribution < 1.29 is 19.2 Å². The fourth-order valence-electron chi connectivity index (χ4n) is 3.07. The molecule has 29 heavy (non-hydrogen) atoms. The van der Waals surface area contributed by atoms with Crippen LogP contribution < -0.4 is 20.3 Å². The molecule has 0 bridgehead atoms. The van der Waals surface area contributed by atoms with Crippen LogP contribution in [0.2, 0.25) is 0 Å². The summed E-state index contributed by atoms with van der Waals surface area (Å²) in [5.41, 5.74) is 2.69. The average Bonchev–Trinajstić information content (AvgIpc) is 2.70. The smallest absolute Gasteiger partial charge is 0.255 e. The highest BCUT2D eigenvalue weighted by Crippen LogP contribution is 2.17. The number of nitrogens with one attached hydrogen (secondary N) is 3. The number of hydrogen-bond acceptors (Lipinski definition) is 3. The van der Waals surface area contributed by atoms with Gasteiger partial charge in [-0.2, -0.15) is 0 Å². The Morgan fingerprint density at radius 2 is 1.62 bits per heavy atom. The molecular formula is C23H32N3O3+. The number of hydrogen-bond donors (Lipinski definition) is 3. The molecule has 156 valence electrons. The van der Waals surface area contributed by atoms with Crippen molar-refractivity contribution in [1.29, 1.82) is 0 Å². The van der Waals surface area contributed by atoms with E-state index in [2.05, 4.69) is 36.9 Å². The van der Waals surface area contributed by atoms with E-state index in [1.54, 1.807) is 24.3 Å². The Balaban J connectivity index is 1.99. The first kappa shape index (κ1) is 22.4. The van der Waals surface area contributed by atoms with E-state index < -0.39 is 6.04 Å². The Morgan fingerprint density at radius 1 is 1.00 bits per heavy atom. The number of amides is 2. The van der Waals surface area contributed by atoms with Crippen LogP contribution in [0.25, 0.3) is 0 Å². The zero-order chi connectivity index (χ0) is 21.4. The summed E-state index contributed by atoms with van der Waals surface area (Å²) < 4.78 is 5.24. The van der Waals surface area contributed by atoms with Gasteiger partial charge in [0.15, 0.2) is 0 Å². The number of para-hydroxylation sites is 1. The van der Waals surface area contributed by atoms with Gasteiger partial charge < -0.3 is 20.3 Å². The second kappa shape index (κ2) is 10.6. The molecule has 6 heteroatoms. The molecule has 2 aromatic rings. The lowest BCUT2D eigenvalue weighted by molar-refractivity contribution is -0.872. The van der Waals surface area contributed by atoms with Gasteiger partial charge in [0.05, 0.1) is 26.8 Å². The fraction of sp³-hybridized carbons (Fsp3) is 0.391. The summed E-state index contributed by atoms with van der Waals surface area (Å²) in [4.78, 5) is 26.8. The molecule has 0 heterocycles. The van der Waals surface area contributed by atoms with Crippen molar-refractivity contribution in [3.05, 3.63) is 65.2 Å². The Labute approximate surface area is 173 Å². The minimum absolute atomic E-state index is 0.0564. The van der Waals surface area contributed by atoms with Gasteiger partial charge in [-0.15, -0.1) is 0 Å². The lowest BCUT2D eigenvalue weighted by atomic mass is 10.0. The second-order valence-corrected chi connectivity index (χ2v) is 7.81. The van der Waals surface area contributed by atoms with Crippen LogP contribution in [0.1, 0.15) is 35.3 Å². The number of rotatable bonds is 9. The molecule has 0 aliphatic carbocycles. The quantitative estimate of drug-likeness (QED) is 0.598. The van der Waals surface area contributed by atoms with Gasteiger partial charge in [-0.05, 0) is 23.6 Å². The standard InChI is InChI=1S/C23H31N3O3/c1-16(2)21(25-22(27)19-8-6-7-9-20(19)29-5)23(28)24-14-17-10-12-18(13-11-17)15-26(3)4/h6-13,16,21H,14-15H2,1-5H3,(H,24,28)(H,25,27)/p+1/t21-/m0/s1. The molecule has 0 spiro atoms. The van der Waals surface area contributed by atoms with Gasteiger partial charge in [0.25, 0.3) is 5.91 Å². The van der Waals surface area contributed by atoms with E-state index in [1.165, 1.54) is 17.6 Å². The molecule has 0 aromatic heterocycles. The van der Waals surface area contributed by atoms with Gasteiger partial charge in [-0.1, -0.05) is 50.2 Å². The third kappa shape index (κ3) is 6.61. The number of ether oxygens (including phenoxy) is 1. The van der Waals surface area contributed by atoms with Crippen molar-refractivity contribution >= 4 is 11.8 Å². The first-order valence-electron chi connectivity index (χ1n) is 9.90. The van der Waals surface area contributed by atoms with Gasteiger partial charge in [0.2, 0.25) is 5.91 Å². The summed E-state index contributed by atoms with van der Waals surface area (Å²) in [6.45, 7) is 5.19. The maximum absolute atomic E-state index is 12.7. The van der Waals surface area contributed by atoms with Crippen molar-refractivity contribution in [3.63, 3.8) is 0 Å².